The van der Waals surface area contributed by atoms with Gasteiger partial charge in [0.2, 0.25) is 11.8 Å². The zero-order valence-electron chi connectivity index (χ0n) is 22.8. The Morgan fingerprint density at radius 2 is 1.65 bits per heavy atom. The van der Waals surface area contributed by atoms with Gasteiger partial charge in [-0.1, -0.05) is 70.4 Å². The van der Waals surface area contributed by atoms with Gasteiger partial charge < -0.3 is 14.5 Å². The summed E-state index contributed by atoms with van der Waals surface area (Å²) in [6.07, 6.45) is 14.6. The van der Waals surface area contributed by atoms with Gasteiger partial charge in [0.15, 0.2) is 0 Å². The third-order valence-corrected chi connectivity index (χ3v) is 8.82. The molecular weight excluding hydrogens is 480 g/mol. The molecule has 2 amide bonds. The molecule has 1 aromatic heterocycles. The van der Waals surface area contributed by atoms with Crippen LogP contribution in [0, 0.1) is 0 Å². The summed E-state index contributed by atoms with van der Waals surface area (Å²) in [7, 11) is 1.67. The average molecular weight is 525 g/mol. The van der Waals surface area contributed by atoms with Crippen LogP contribution in [0.15, 0.2) is 35.7 Å². The zero-order chi connectivity index (χ0) is 26.0. The zero-order valence-corrected chi connectivity index (χ0v) is 23.6. The van der Waals surface area contributed by atoms with Gasteiger partial charge >= 0.3 is 0 Å². The summed E-state index contributed by atoms with van der Waals surface area (Å²) in [6, 6.07) is 10.3. The van der Waals surface area contributed by atoms with Crippen molar-refractivity contribution in [3.05, 3.63) is 51.7 Å². The molecule has 1 aliphatic carbocycles. The fourth-order valence-electron chi connectivity index (χ4n) is 5.50. The normalized spacial score (nSPS) is 16.9. The molecule has 1 aromatic carbocycles. The van der Waals surface area contributed by atoms with Crippen molar-refractivity contribution in [3.63, 3.8) is 0 Å². The van der Waals surface area contributed by atoms with E-state index in [4.69, 9.17) is 4.74 Å². The number of hydrogen-bond donors (Lipinski definition) is 0. The molecular formula is C31H44N2O3S. The highest BCUT2D eigenvalue weighted by Gasteiger charge is 2.37. The van der Waals surface area contributed by atoms with E-state index >= 15 is 0 Å². The number of nitrogens with zero attached hydrogens (tertiary/aromatic N) is 2. The number of methoxy groups -OCH3 is 1. The van der Waals surface area contributed by atoms with E-state index in [1.54, 1.807) is 18.4 Å². The molecule has 37 heavy (non-hydrogen) atoms. The first-order valence-electron chi connectivity index (χ1n) is 14.4. The fourth-order valence-corrected chi connectivity index (χ4v) is 6.41. The lowest BCUT2D eigenvalue weighted by Crippen LogP contribution is -2.47. The quantitative estimate of drug-likeness (QED) is 0.233. The second-order valence-electron chi connectivity index (χ2n) is 10.6. The molecule has 1 fully saturated rings. The molecule has 2 aromatic rings. The molecule has 1 saturated carbocycles. The summed E-state index contributed by atoms with van der Waals surface area (Å²) >= 11 is 1.77. The summed E-state index contributed by atoms with van der Waals surface area (Å²) in [4.78, 5) is 32.1. The van der Waals surface area contributed by atoms with Gasteiger partial charge in [0, 0.05) is 23.9 Å². The Balaban J connectivity index is 1.33. The van der Waals surface area contributed by atoms with Crippen LogP contribution >= 0.6 is 11.3 Å². The minimum absolute atomic E-state index is 0.0602. The Bertz CT molecular complexity index is 998. The number of fused-ring (bicyclic) bond motifs is 1. The van der Waals surface area contributed by atoms with E-state index in [0.717, 1.165) is 43.4 Å². The van der Waals surface area contributed by atoms with Gasteiger partial charge in [-0.3, -0.25) is 9.59 Å². The molecule has 1 unspecified atom stereocenters. The first-order valence-corrected chi connectivity index (χ1v) is 15.3. The molecule has 1 aliphatic heterocycles. The van der Waals surface area contributed by atoms with Gasteiger partial charge in [-0.2, -0.15) is 0 Å². The molecule has 4 rings (SSSR count). The van der Waals surface area contributed by atoms with E-state index in [1.807, 2.05) is 21.9 Å². The molecule has 2 aliphatic rings. The van der Waals surface area contributed by atoms with E-state index in [-0.39, 0.29) is 30.4 Å². The lowest BCUT2D eigenvalue weighted by Gasteiger charge is -2.37. The van der Waals surface area contributed by atoms with Crippen LogP contribution < -0.4 is 4.74 Å². The predicted molar refractivity (Wildman–Crippen MR) is 151 cm³/mol. The molecule has 5 nitrogen and oxygen atoms in total. The SMILES string of the molecule is CCCCCCCCCCCC(=O)N(CC(=O)N1CCc2sccc2C1c1ccc(OC)cc1)C1CC1. The minimum atomic E-state index is -0.109. The molecule has 1 atom stereocenters. The lowest BCUT2D eigenvalue weighted by atomic mass is 9.93. The van der Waals surface area contributed by atoms with E-state index in [0.29, 0.717) is 13.0 Å². The van der Waals surface area contributed by atoms with E-state index in [9.17, 15) is 9.59 Å². The van der Waals surface area contributed by atoms with Crippen molar-refractivity contribution in [2.45, 2.75) is 102 Å². The molecule has 202 valence electrons. The Kier molecular flexibility index (Phi) is 10.5. The number of rotatable bonds is 15. The summed E-state index contributed by atoms with van der Waals surface area (Å²) < 4.78 is 5.35. The number of ether oxygens (including phenoxy) is 1. The number of thiophene rings is 1. The maximum Gasteiger partial charge on any atom is 0.243 e. The summed E-state index contributed by atoms with van der Waals surface area (Å²) in [5, 5.41) is 2.13. The summed E-state index contributed by atoms with van der Waals surface area (Å²) in [5.74, 6) is 1.03. The number of amides is 2. The second-order valence-corrected chi connectivity index (χ2v) is 11.6. The van der Waals surface area contributed by atoms with Crippen LogP contribution in [0.4, 0.5) is 0 Å². The molecule has 0 saturated heterocycles. The molecule has 0 spiro atoms. The van der Waals surface area contributed by atoms with Crippen LogP contribution in [0.3, 0.4) is 0 Å². The van der Waals surface area contributed by atoms with Crippen LogP contribution in [0.2, 0.25) is 0 Å². The molecule has 2 heterocycles. The van der Waals surface area contributed by atoms with Crippen LogP contribution in [0.5, 0.6) is 5.75 Å². The molecule has 0 radical (unpaired) electrons. The smallest absolute Gasteiger partial charge is 0.243 e. The standard InChI is InChI=1S/C31H44N2O3S/c1-3-4-5-6-7-8-9-10-11-12-29(34)33(25-15-16-25)23-30(35)32-21-19-28-27(20-22-37-28)31(32)24-13-17-26(36-2)18-14-24/h13-14,17-18,20,22,25,31H,3-12,15-16,19,21,23H2,1-2H3. The predicted octanol–water partition coefficient (Wildman–Crippen LogP) is 7.14. The first kappa shape index (κ1) is 27.7. The highest BCUT2D eigenvalue weighted by molar-refractivity contribution is 7.10. The average Bonchev–Trinajstić information content (AvgIpc) is 3.65. The highest BCUT2D eigenvalue weighted by atomic mass is 32.1. The maximum atomic E-state index is 13.7. The minimum Gasteiger partial charge on any atom is -0.497 e. The van der Waals surface area contributed by atoms with E-state index in [1.165, 1.54) is 55.4 Å². The second kappa shape index (κ2) is 14.0. The monoisotopic (exact) mass is 524 g/mol. The van der Waals surface area contributed by atoms with Crippen LogP contribution in [-0.2, 0) is 16.0 Å². The summed E-state index contributed by atoms with van der Waals surface area (Å²) in [6.45, 7) is 3.14. The van der Waals surface area contributed by atoms with Crippen molar-refractivity contribution in [2.24, 2.45) is 0 Å². The van der Waals surface area contributed by atoms with Crippen LogP contribution in [-0.4, -0.2) is 47.9 Å². The Labute approximate surface area is 227 Å². The van der Waals surface area contributed by atoms with Crippen LogP contribution in [0.1, 0.15) is 106 Å². The number of hydrogen-bond acceptors (Lipinski definition) is 4. The first-order chi connectivity index (χ1) is 18.1. The Hall–Kier alpha value is -2.34. The number of carbonyl (C=O) groups is 2. The third kappa shape index (κ3) is 7.59. The van der Waals surface area contributed by atoms with Crippen molar-refractivity contribution in [3.8, 4) is 5.75 Å². The fraction of sp³-hybridized carbons (Fsp3) is 0.613. The number of unbranched alkanes of at least 4 members (excludes halogenated alkanes) is 8. The molecule has 6 heteroatoms. The van der Waals surface area contributed by atoms with Crippen molar-refractivity contribution in [1.29, 1.82) is 0 Å². The van der Waals surface area contributed by atoms with E-state index < -0.39 is 0 Å². The molecule has 0 bridgehead atoms. The topological polar surface area (TPSA) is 49.9 Å². The maximum absolute atomic E-state index is 13.7. The van der Waals surface area contributed by atoms with Gasteiger partial charge in [0.05, 0.1) is 13.2 Å². The lowest BCUT2D eigenvalue weighted by molar-refractivity contribution is -0.142. The molecule has 0 N–H and O–H groups in total. The van der Waals surface area contributed by atoms with Gasteiger partial charge in [-0.15, -0.1) is 11.3 Å². The summed E-state index contributed by atoms with van der Waals surface area (Å²) in [5.41, 5.74) is 2.31. The van der Waals surface area contributed by atoms with Gasteiger partial charge in [0.25, 0.3) is 0 Å². The van der Waals surface area contributed by atoms with Crippen molar-refractivity contribution < 1.29 is 14.3 Å². The van der Waals surface area contributed by atoms with Gasteiger partial charge in [-0.05, 0) is 60.4 Å². The number of carbonyl (C=O) groups excluding carboxylic acids is 2. The van der Waals surface area contributed by atoms with Crippen molar-refractivity contribution in [1.82, 2.24) is 9.80 Å². The van der Waals surface area contributed by atoms with Crippen molar-refractivity contribution in [2.75, 3.05) is 20.2 Å². The van der Waals surface area contributed by atoms with Crippen molar-refractivity contribution >= 4 is 23.2 Å². The van der Waals surface area contributed by atoms with Gasteiger partial charge in [0.1, 0.15) is 12.3 Å². The van der Waals surface area contributed by atoms with Gasteiger partial charge in [-0.25, -0.2) is 0 Å². The Morgan fingerprint density at radius 1 is 0.973 bits per heavy atom. The largest absolute Gasteiger partial charge is 0.497 e. The van der Waals surface area contributed by atoms with E-state index in [2.05, 4.69) is 30.5 Å². The third-order valence-electron chi connectivity index (χ3n) is 7.83. The number of benzene rings is 1. The highest BCUT2D eigenvalue weighted by Crippen LogP contribution is 2.38. The Morgan fingerprint density at radius 3 is 2.30 bits per heavy atom. The van der Waals surface area contributed by atoms with Crippen LogP contribution in [0.25, 0.3) is 0 Å².